The van der Waals surface area contributed by atoms with Gasteiger partial charge in [-0.05, 0) is 48.4 Å². The van der Waals surface area contributed by atoms with E-state index in [0.717, 1.165) is 10.0 Å². The number of fused-ring (bicyclic) bond motifs is 1. The van der Waals surface area contributed by atoms with Gasteiger partial charge in [-0.25, -0.2) is 14.6 Å². The number of hydrogen-bond acceptors (Lipinski definition) is 7. The molecule has 0 radical (unpaired) electrons. The van der Waals surface area contributed by atoms with E-state index in [1.165, 1.54) is 30.1 Å². The Morgan fingerprint density at radius 3 is 2.42 bits per heavy atom. The number of hydrogen-bond donors (Lipinski definition) is 0. The molecule has 0 bridgehead atoms. The maximum atomic E-state index is 13.5. The Hall–Kier alpha value is -3.30. The van der Waals surface area contributed by atoms with Crippen LogP contribution in [0.3, 0.4) is 0 Å². The highest BCUT2D eigenvalue weighted by atomic mass is 79.9. The summed E-state index contributed by atoms with van der Waals surface area (Å²) < 4.78 is 12.7. The molecule has 0 amide bonds. The molecule has 4 rings (SSSR count). The quantitative estimate of drug-likeness (QED) is 0.487. The predicted octanol–water partition coefficient (Wildman–Crippen LogP) is 2.96. The van der Waals surface area contributed by atoms with E-state index in [1.54, 1.807) is 37.3 Å². The Labute approximate surface area is 201 Å². The van der Waals surface area contributed by atoms with Crippen LogP contribution >= 0.6 is 27.3 Å². The van der Waals surface area contributed by atoms with Gasteiger partial charge in [-0.15, -0.1) is 0 Å². The zero-order valence-electron chi connectivity index (χ0n) is 18.0. The minimum Gasteiger partial charge on any atom is -0.466 e. The predicted molar refractivity (Wildman–Crippen MR) is 128 cm³/mol. The highest BCUT2D eigenvalue weighted by Gasteiger charge is 2.33. The van der Waals surface area contributed by atoms with E-state index in [0.29, 0.717) is 26.2 Å². The molecule has 1 atom stereocenters. The lowest BCUT2D eigenvalue weighted by molar-refractivity contribution is -0.136. The van der Waals surface area contributed by atoms with Gasteiger partial charge in [0.15, 0.2) is 4.80 Å². The van der Waals surface area contributed by atoms with Gasteiger partial charge in [0.1, 0.15) is 0 Å². The van der Waals surface area contributed by atoms with Gasteiger partial charge >= 0.3 is 11.9 Å². The van der Waals surface area contributed by atoms with E-state index >= 15 is 0 Å². The average Bonchev–Trinajstić information content (AvgIpc) is 3.11. The lowest BCUT2D eigenvalue weighted by Crippen LogP contribution is -2.39. The topological polar surface area (TPSA) is 87.0 Å². The fourth-order valence-electron chi connectivity index (χ4n) is 3.68. The molecule has 1 aliphatic heterocycles. The summed E-state index contributed by atoms with van der Waals surface area (Å²) in [7, 11) is 2.60. The molecule has 0 fully saturated rings. The normalized spacial score (nSPS) is 15.6. The minimum atomic E-state index is -0.745. The largest absolute Gasteiger partial charge is 0.466 e. The molecular formula is C24H19BrN2O5S. The molecule has 168 valence electrons. The number of thiazole rings is 1. The maximum Gasteiger partial charge on any atom is 0.338 e. The first-order chi connectivity index (χ1) is 15.8. The van der Waals surface area contributed by atoms with Crippen LogP contribution in [0.2, 0.25) is 0 Å². The second-order valence-electron chi connectivity index (χ2n) is 7.24. The van der Waals surface area contributed by atoms with Crippen molar-refractivity contribution in [2.75, 3.05) is 14.2 Å². The zero-order valence-corrected chi connectivity index (χ0v) is 20.4. The Bertz CT molecular complexity index is 1470. The molecular weight excluding hydrogens is 508 g/mol. The second-order valence-corrected chi connectivity index (χ2v) is 9.17. The monoisotopic (exact) mass is 526 g/mol. The van der Waals surface area contributed by atoms with Crippen LogP contribution in [0.15, 0.2) is 74.1 Å². The Balaban J connectivity index is 1.93. The SMILES string of the molecule is COC(=O)C1=C(C)N=c2sc(=Cc3cccc(Br)c3)c(=O)n2C1c1ccc(C(=O)OC)cc1. The number of ether oxygens (including phenoxy) is 2. The molecule has 0 saturated heterocycles. The van der Waals surface area contributed by atoms with Crippen LogP contribution in [-0.4, -0.2) is 30.7 Å². The molecule has 7 nitrogen and oxygen atoms in total. The molecule has 3 aromatic rings. The number of aromatic nitrogens is 1. The van der Waals surface area contributed by atoms with Gasteiger partial charge in [0, 0.05) is 4.47 Å². The van der Waals surface area contributed by atoms with E-state index < -0.39 is 18.0 Å². The summed E-state index contributed by atoms with van der Waals surface area (Å²) in [5.41, 5.74) is 2.34. The standard InChI is InChI=1S/C24H19BrN2O5S/c1-13-19(23(30)32-3)20(15-7-9-16(10-8-15)22(29)31-2)27-21(28)18(33-24(27)26-13)12-14-5-4-6-17(25)11-14/h4-12,20H,1-3H3. The van der Waals surface area contributed by atoms with Crippen molar-refractivity contribution in [3.8, 4) is 0 Å². The van der Waals surface area contributed by atoms with Crippen molar-refractivity contribution in [2.24, 2.45) is 4.99 Å². The number of esters is 2. The summed E-state index contributed by atoms with van der Waals surface area (Å²) in [5.74, 6) is -1.04. The van der Waals surface area contributed by atoms with Crippen LogP contribution in [0.4, 0.5) is 0 Å². The van der Waals surface area contributed by atoms with Crippen LogP contribution in [0.5, 0.6) is 0 Å². The van der Waals surface area contributed by atoms with Crippen molar-refractivity contribution in [2.45, 2.75) is 13.0 Å². The lowest BCUT2D eigenvalue weighted by atomic mass is 9.95. The molecule has 2 heterocycles. The average molecular weight is 527 g/mol. The summed E-state index contributed by atoms with van der Waals surface area (Å²) in [4.78, 5) is 43.0. The molecule has 1 aromatic heterocycles. The Kier molecular flexibility index (Phi) is 6.44. The molecule has 0 N–H and O–H groups in total. The van der Waals surface area contributed by atoms with Gasteiger partial charge in [0.05, 0.1) is 41.6 Å². The number of halogens is 1. The molecule has 1 unspecified atom stereocenters. The van der Waals surface area contributed by atoms with Gasteiger partial charge < -0.3 is 9.47 Å². The van der Waals surface area contributed by atoms with E-state index in [1.807, 2.05) is 24.3 Å². The van der Waals surface area contributed by atoms with Gasteiger partial charge in [-0.1, -0.05) is 51.5 Å². The van der Waals surface area contributed by atoms with Crippen molar-refractivity contribution in [1.82, 2.24) is 4.57 Å². The molecule has 33 heavy (non-hydrogen) atoms. The summed E-state index contributed by atoms with van der Waals surface area (Å²) in [6, 6.07) is 13.5. The van der Waals surface area contributed by atoms with E-state index in [9.17, 15) is 14.4 Å². The van der Waals surface area contributed by atoms with Crippen LogP contribution in [0.1, 0.15) is 34.5 Å². The lowest BCUT2D eigenvalue weighted by Gasteiger charge is -2.24. The summed E-state index contributed by atoms with van der Waals surface area (Å²) in [6.07, 6.45) is 1.79. The number of nitrogens with zero attached hydrogens (tertiary/aromatic N) is 2. The van der Waals surface area contributed by atoms with Crippen LogP contribution in [-0.2, 0) is 14.3 Å². The number of carbonyl (C=O) groups is 2. The highest BCUT2D eigenvalue weighted by Crippen LogP contribution is 2.30. The molecule has 1 aliphatic rings. The molecule has 0 aliphatic carbocycles. The highest BCUT2D eigenvalue weighted by molar-refractivity contribution is 9.10. The van der Waals surface area contributed by atoms with Crippen molar-refractivity contribution < 1.29 is 19.1 Å². The van der Waals surface area contributed by atoms with Gasteiger partial charge in [-0.2, -0.15) is 0 Å². The zero-order chi connectivity index (χ0) is 23.7. The first kappa shape index (κ1) is 22.9. The second kappa shape index (κ2) is 9.29. The van der Waals surface area contributed by atoms with Crippen LogP contribution in [0, 0.1) is 0 Å². The number of rotatable bonds is 4. The van der Waals surface area contributed by atoms with Gasteiger partial charge in [-0.3, -0.25) is 9.36 Å². The van der Waals surface area contributed by atoms with E-state index in [4.69, 9.17) is 9.47 Å². The van der Waals surface area contributed by atoms with E-state index in [-0.39, 0.29) is 11.1 Å². The molecule has 9 heteroatoms. The Morgan fingerprint density at radius 1 is 1.09 bits per heavy atom. The third-order valence-corrected chi connectivity index (χ3v) is 6.70. The van der Waals surface area contributed by atoms with E-state index in [2.05, 4.69) is 20.9 Å². The van der Waals surface area contributed by atoms with Crippen LogP contribution < -0.4 is 14.9 Å². The molecule has 0 spiro atoms. The number of allylic oxidation sites excluding steroid dienone is 1. The minimum absolute atomic E-state index is 0.268. The molecule has 2 aromatic carbocycles. The summed E-state index contributed by atoms with van der Waals surface area (Å²) in [6.45, 7) is 1.72. The third-order valence-electron chi connectivity index (χ3n) is 5.22. The molecule has 0 saturated carbocycles. The van der Waals surface area contributed by atoms with Crippen molar-refractivity contribution >= 4 is 45.3 Å². The fourth-order valence-corrected chi connectivity index (χ4v) is 5.14. The van der Waals surface area contributed by atoms with Crippen molar-refractivity contribution in [1.29, 1.82) is 0 Å². The Morgan fingerprint density at radius 2 is 1.79 bits per heavy atom. The first-order valence-corrected chi connectivity index (χ1v) is 11.5. The fraction of sp³-hybridized carbons (Fsp3) is 0.167. The third kappa shape index (κ3) is 4.34. The van der Waals surface area contributed by atoms with Crippen molar-refractivity contribution in [3.63, 3.8) is 0 Å². The van der Waals surface area contributed by atoms with Gasteiger partial charge in [0.25, 0.3) is 5.56 Å². The van der Waals surface area contributed by atoms with Crippen molar-refractivity contribution in [3.05, 3.63) is 101 Å². The van der Waals surface area contributed by atoms with Crippen LogP contribution in [0.25, 0.3) is 6.08 Å². The van der Waals surface area contributed by atoms with Gasteiger partial charge in [0.2, 0.25) is 0 Å². The number of benzene rings is 2. The maximum absolute atomic E-state index is 13.5. The summed E-state index contributed by atoms with van der Waals surface area (Å²) >= 11 is 4.69. The summed E-state index contributed by atoms with van der Waals surface area (Å²) in [5, 5.41) is 0. The smallest absolute Gasteiger partial charge is 0.338 e. The number of methoxy groups -OCH3 is 2. The number of carbonyl (C=O) groups excluding carboxylic acids is 2. The first-order valence-electron chi connectivity index (χ1n) is 9.88.